The minimum Gasteiger partial charge on any atom is -0.382 e. The normalized spacial score (nSPS) is 21.6. The largest absolute Gasteiger partial charge is 0.382 e. The molecule has 0 amide bonds. The van der Waals surface area contributed by atoms with Gasteiger partial charge in [0.1, 0.15) is 5.82 Å². The highest BCUT2D eigenvalue weighted by Gasteiger charge is 2.35. The van der Waals surface area contributed by atoms with Crippen LogP contribution >= 0.6 is 0 Å². The van der Waals surface area contributed by atoms with Crippen LogP contribution in [-0.2, 0) is 36.5 Å². The Morgan fingerprint density at radius 1 is 1.29 bits per heavy atom. The number of nitrogens with zero attached hydrogens (tertiary/aromatic N) is 5. The highest BCUT2D eigenvalue weighted by atomic mass is 16.5. The molecule has 1 saturated heterocycles. The van der Waals surface area contributed by atoms with Gasteiger partial charge in [0.2, 0.25) is 0 Å². The van der Waals surface area contributed by atoms with Gasteiger partial charge in [-0.3, -0.25) is 9.58 Å². The summed E-state index contributed by atoms with van der Waals surface area (Å²) < 4.78 is 15.2. The fourth-order valence-corrected chi connectivity index (χ4v) is 3.37. The molecule has 0 spiro atoms. The number of ether oxygens (including phenoxy) is 2. The summed E-state index contributed by atoms with van der Waals surface area (Å²) in [6.07, 6.45) is 10.1. The molecule has 0 N–H and O–H groups in total. The first-order chi connectivity index (χ1) is 11.7. The van der Waals surface area contributed by atoms with E-state index in [1.807, 2.05) is 37.4 Å². The van der Waals surface area contributed by atoms with Crippen LogP contribution in [-0.4, -0.2) is 63.2 Å². The summed E-state index contributed by atoms with van der Waals surface area (Å²) in [5.74, 6) is 1.09. The second kappa shape index (κ2) is 7.92. The lowest BCUT2D eigenvalue weighted by atomic mass is 10.0. The molecule has 7 nitrogen and oxygen atoms in total. The van der Waals surface area contributed by atoms with Crippen molar-refractivity contribution in [2.75, 3.05) is 26.9 Å². The van der Waals surface area contributed by atoms with Crippen molar-refractivity contribution in [1.82, 2.24) is 24.2 Å². The van der Waals surface area contributed by atoms with Crippen molar-refractivity contribution in [1.29, 1.82) is 0 Å². The van der Waals surface area contributed by atoms with E-state index in [4.69, 9.17) is 9.47 Å². The standard InChI is InChI=1S/C17H27N5O2/c1-20-7-5-18-17(20)13-22-6-4-16(24-9-8-23-3)15(22)10-14-11-19-21(2)12-14/h5,7,11-12,15-16H,4,6,8-10,13H2,1-3H3/t15-,16-/m1/s1. The van der Waals surface area contributed by atoms with E-state index >= 15 is 0 Å². The van der Waals surface area contributed by atoms with Gasteiger partial charge < -0.3 is 14.0 Å². The topological polar surface area (TPSA) is 57.3 Å². The Morgan fingerprint density at radius 3 is 2.83 bits per heavy atom. The Hall–Kier alpha value is -1.70. The zero-order chi connectivity index (χ0) is 16.9. The fraction of sp³-hybridized carbons (Fsp3) is 0.647. The molecule has 1 aliphatic rings. The zero-order valence-corrected chi connectivity index (χ0v) is 14.8. The average molecular weight is 333 g/mol. The van der Waals surface area contributed by atoms with Crippen molar-refractivity contribution in [3.8, 4) is 0 Å². The van der Waals surface area contributed by atoms with E-state index in [0.29, 0.717) is 19.3 Å². The van der Waals surface area contributed by atoms with Crippen molar-refractivity contribution < 1.29 is 9.47 Å². The van der Waals surface area contributed by atoms with Crippen LogP contribution in [0.4, 0.5) is 0 Å². The molecule has 0 saturated carbocycles. The highest BCUT2D eigenvalue weighted by Crippen LogP contribution is 2.26. The molecule has 2 aromatic heterocycles. The van der Waals surface area contributed by atoms with Crippen molar-refractivity contribution in [2.24, 2.45) is 14.1 Å². The van der Waals surface area contributed by atoms with E-state index in [-0.39, 0.29) is 6.10 Å². The molecular formula is C17H27N5O2. The molecule has 24 heavy (non-hydrogen) atoms. The molecule has 2 atom stereocenters. The maximum atomic E-state index is 6.09. The average Bonchev–Trinajstić information content (AvgIpc) is 3.25. The van der Waals surface area contributed by atoms with E-state index in [9.17, 15) is 0 Å². The number of rotatable bonds is 8. The molecule has 0 aliphatic carbocycles. The molecule has 1 aliphatic heterocycles. The third kappa shape index (κ3) is 4.03. The second-order valence-corrected chi connectivity index (χ2v) is 6.41. The quantitative estimate of drug-likeness (QED) is 0.675. The van der Waals surface area contributed by atoms with Gasteiger partial charge in [-0.1, -0.05) is 0 Å². The third-order valence-corrected chi connectivity index (χ3v) is 4.69. The number of hydrogen-bond acceptors (Lipinski definition) is 5. The van der Waals surface area contributed by atoms with Crippen LogP contribution < -0.4 is 0 Å². The predicted octanol–water partition coefficient (Wildman–Crippen LogP) is 1.00. The number of likely N-dealkylation sites (tertiary alicyclic amines) is 1. The number of methoxy groups -OCH3 is 1. The van der Waals surface area contributed by atoms with Crippen molar-refractivity contribution in [3.05, 3.63) is 36.2 Å². The number of hydrogen-bond donors (Lipinski definition) is 0. The van der Waals surface area contributed by atoms with Crippen LogP contribution in [0.2, 0.25) is 0 Å². The Balaban J connectivity index is 1.70. The van der Waals surface area contributed by atoms with Gasteiger partial charge in [-0.2, -0.15) is 5.10 Å². The Labute approximate surface area is 143 Å². The smallest absolute Gasteiger partial charge is 0.122 e. The van der Waals surface area contributed by atoms with E-state index in [1.165, 1.54) is 5.56 Å². The van der Waals surface area contributed by atoms with Gasteiger partial charge in [0.25, 0.3) is 0 Å². The fourth-order valence-electron chi connectivity index (χ4n) is 3.37. The Bertz CT molecular complexity index is 638. The van der Waals surface area contributed by atoms with Crippen LogP contribution in [0.3, 0.4) is 0 Å². The predicted molar refractivity (Wildman–Crippen MR) is 90.6 cm³/mol. The molecule has 0 bridgehead atoms. The molecule has 3 heterocycles. The molecule has 0 aromatic carbocycles. The summed E-state index contributed by atoms with van der Waals surface area (Å²) in [4.78, 5) is 6.95. The lowest BCUT2D eigenvalue weighted by Crippen LogP contribution is -2.38. The van der Waals surface area contributed by atoms with Crippen LogP contribution in [0.1, 0.15) is 17.8 Å². The lowest BCUT2D eigenvalue weighted by Gasteiger charge is -2.27. The Morgan fingerprint density at radius 2 is 2.17 bits per heavy atom. The van der Waals surface area contributed by atoms with Gasteiger partial charge in [-0.25, -0.2) is 4.98 Å². The van der Waals surface area contributed by atoms with Gasteiger partial charge >= 0.3 is 0 Å². The van der Waals surface area contributed by atoms with Gasteiger partial charge in [0.05, 0.1) is 32.1 Å². The summed E-state index contributed by atoms with van der Waals surface area (Å²) in [5.41, 5.74) is 1.24. The third-order valence-electron chi connectivity index (χ3n) is 4.69. The van der Waals surface area contributed by atoms with Crippen LogP contribution in [0.5, 0.6) is 0 Å². The molecule has 2 aromatic rings. The zero-order valence-electron chi connectivity index (χ0n) is 14.8. The molecule has 0 unspecified atom stereocenters. The Kier molecular flexibility index (Phi) is 5.65. The molecule has 0 radical (unpaired) electrons. The van der Waals surface area contributed by atoms with Crippen LogP contribution in [0, 0.1) is 0 Å². The SMILES string of the molecule is COCCO[C@@H]1CCN(Cc2nccn2C)[C@@H]1Cc1cnn(C)c1. The number of aromatic nitrogens is 4. The molecule has 3 rings (SSSR count). The van der Waals surface area contributed by atoms with E-state index in [2.05, 4.69) is 25.7 Å². The first-order valence-electron chi connectivity index (χ1n) is 8.45. The van der Waals surface area contributed by atoms with Crippen molar-refractivity contribution >= 4 is 0 Å². The highest BCUT2D eigenvalue weighted by molar-refractivity contribution is 5.09. The minimum absolute atomic E-state index is 0.223. The maximum Gasteiger partial charge on any atom is 0.122 e. The van der Waals surface area contributed by atoms with Gasteiger partial charge in [-0.05, 0) is 18.4 Å². The first-order valence-corrected chi connectivity index (χ1v) is 8.45. The summed E-state index contributed by atoms with van der Waals surface area (Å²) in [6.45, 7) is 3.14. The monoisotopic (exact) mass is 333 g/mol. The maximum absolute atomic E-state index is 6.09. The lowest BCUT2D eigenvalue weighted by molar-refractivity contribution is -0.00163. The second-order valence-electron chi connectivity index (χ2n) is 6.41. The van der Waals surface area contributed by atoms with Crippen molar-refractivity contribution in [2.45, 2.75) is 31.5 Å². The van der Waals surface area contributed by atoms with E-state index in [0.717, 1.165) is 31.8 Å². The van der Waals surface area contributed by atoms with E-state index in [1.54, 1.807) is 7.11 Å². The van der Waals surface area contributed by atoms with Gasteiger partial charge in [0, 0.05) is 52.4 Å². The number of aryl methyl sites for hydroxylation is 2. The first kappa shape index (κ1) is 17.1. The summed E-state index contributed by atoms with van der Waals surface area (Å²) >= 11 is 0. The van der Waals surface area contributed by atoms with Crippen LogP contribution in [0.25, 0.3) is 0 Å². The summed E-state index contributed by atoms with van der Waals surface area (Å²) in [7, 11) is 5.70. The van der Waals surface area contributed by atoms with Gasteiger partial charge in [-0.15, -0.1) is 0 Å². The molecule has 132 valence electrons. The van der Waals surface area contributed by atoms with Gasteiger partial charge in [0.15, 0.2) is 0 Å². The van der Waals surface area contributed by atoms with Crippen LogP contribution in [0.15, 0.2) is 24.8 Å². The molecule has 1 fully saturated rings. The number of imidazole rings is 1. The summed E-state index contributed by atoms with van der Waals surface area (Å²) in [5, 5.41) is 4.29. The molecule has 7 heteroatoms. The molecular weight excluding hydrogens is 306 g/mol. The minimum atomic E-state index is 0.223. The van der Waals surface area contributed by atoms with E-state index < -0.39 is 0 Å². The summed E-state index contributed by atoms with van der Waals surface area (Å²) in [6, 6.07) is 0.336. The van der Waals surface area contributed by atoms with Crippen molar-refractivity contribution in [3.63, 3.8) is 0 Å².